The SMILES string of the molecule is CCC(C)(C)C(=O)O[C@H]1C[C@@H](C)C=C2C=C[C@H](C)[C@H](CCC3C[C@@H](O)CC(=O)O3)[C@H]21.CC[C@H](C)C(=O)O[C@H]1C[C@@H](C)C=C2C=C[C@H](C)[C@H](CCC3C[C@@H](O)CC(=O)O3)[C@H]21. The maximum atomic E-state index is 12.9. The fourth-order valence-corrected chi connectivity index (χ4v) is 10.1. The zero-order chi connectivity index (χ0) is 43.2. The second-order valence-corrected chi connectivity index (χ2v) is 19.6. The van der Waals surface area contributed by atoms with Gasteiger partial charge in [-0.3, -0.25) is 19.2 Å². The molecule has 2 unspecified atom stereocenters. The van der Waals surface area contributed by atoms with Crippen LogP contribution in [0.5, 0.6) is 0 Å². The van der Waals surface area contributed by atoms with Crippen LogP contribution in [-0.2, 0) is 38.1 Å². The van der Waals surface area contributed by atoms with Crippen LogP contribution in [0.3, 0.4) is 0 Å². The predicted octanol–water partition coefficient (Wildman–Crippen LogP) is 8.78. The van der Waals surface area contributed by atoms with Gasteiger partial charge in [0.1, 0.15) is 24.4 Å². The Labute approximate surface area is 353 Å². The molecule has 6 aliphatic rings. The molecule has 0 radical (unpaired) electrons. The smallest absolute Gasteiger partial charge is 0.311 e. The van der Waals surface area contributed by atoms with Crippen molar-refractivity contribution in [2.75, 3.05) is 0 Å². The first kappa shape index (κ1) is 46.8. The van der Waals surface area contributed by atoms with Crippen LogP contribution < -0.4 is 0 Å². The lowest BCUT2D eigenvalue weighted by molar-refractivity contribution is -0.166. The van der Waals surface area contributed by atoms with E-state index in [0.29, 0.717) is 48.3 Å². The fourth-order valence-electron chi connectivity index (χ4n) is 10.1. The minimum Gasteiger partial charge on any atom is -0.462 e. The van der Waals surface area contributed by atoms with Gasteiger partial charge in [-0.2, -0.15) is 0 Å². The van der Waals surface area contributed by atoms with Gasteiger partial charge >= 0.3 is 23.9 Å². The van der Waals surface area contributed by atoms with E-state index in [-0.39, 0.29) is 78.9 Å². The first-order valence-corrected chi connectivity index (χ1v) is 22.8. The molecule has 59 heavy (non-hydrogen) atoms. The third kappa shape index (κ3) is 12.2. The van der Waals surface area contributed by atoms with Crippen molar-refractivity contribution in [3.05, 3.63) is 47.6 Å². The minimum absolute atomic E-state index is 0.0854. The number of aliphatic hydroxyl groups is 2. The van der Waals surface area contributed by atoms with Crippen molar-refractivity contribution in [3.63, 3.8) is 0 Å². The molecule has 0 saturated carbocycles. The number of cyclic esters (lactones) is 2. The van der Waals surface area contributed by atoms with E-state index in [0.717, 1.165) is 51.4 Å². The number of hydrogen-bond acceptors (Lipinski definition) is 10. The number of carbonyl (C=O) groups is 4. The van der Waals surface area contributed by atoms with Crippen LogP contribution in [-0.4, -0.2) is 70.7 Å². The van der Waals surface area contributed by atoms with E-state index in [1.54, 1.807) is 0 Å². The number of fused-ring (bicyclic) bond motifs is 2. The highest BCUT2D eigenvalue weighted by molar-refractivity contribution is 5.76. The molecule has 2 saturated heterocycles. The van der Waals surface area contributed by atoms with Gasteiger partial charge in [0.25, 0.3) is 0 Å². The Morgan fingerprint density at radius 2 is 1.17 bits per heavy atom. The van der Waals surface area contributed by atoms with Crippen LogP contribution in [0.25, 0.3) is 0 Å². The second kappa shape index (κ2) is 20.5. The van der Waals surface area contributed by atoms with Gasteiger partial charge in [0.05, 0.1) is 36.4 Å². The maximum absolute atomic E-state index is 12.9. The van der Waals surface area contributed by atoms with Crippen LogP contribution in [0.2, 0.25) is 0 Å². The molecule has 2 aliphatic heterocycles. The Bertz CT molecular complexity index is 1610. The molecule has 2 N–H and O–H groups in total. The van der Waals surface area contributed by atoms with Crippen molar-refractivity contribution in [3.8, 4) is 0 Å². The summed E-state index contributed by atoms with van der Waals surface area (Å²) in [5, 5.41) is 19.8. The van der Waals surface area contributed by atoms with Crippen molar-refractivity contribution in [2.24, 2.45) is 58.7 Å². The first-order valence-electron chi connectivity index (χ1n) is 22.8. The molecule has 4 aliphatic carbocycles. The molecule has 330 valence electrons. The Morgan fingerprint density at radius 3 is 1.58 bits per heavy atom. The molecule has 0 bridgehead atoms. The number of ether oxygens (including phenoxy) is 4. The van der Waals surface area contributed by atoms with Gasteiger partial charge in [-0.05, 0) is 112 Å². The highest BCUT2D eigenvalue weighted by atomic mass is 16.6. The van der Waals surface area contributed by atoms with Crippen LogP contribution in [0.4, 0.5) is 0 Å². The molecule has 0 spiro atoms. The summed E-state index contributed by atoms with van der Waals surface area (Å²) in [6, 6.07) is 0. The summed E-state index contributed by atoms with van der Waals surface area (Å²) in [5.41, 5.74) is 2.06. The molecule has 15 atom stereocenters. The summed E-state index contributed by atoms with van der Waals surface area (Å²) in [6.45, 7) is 18.6. The fraction of sp³-hybridized carbons (Fsp3) is 0.755. The van der Waals surface area contributed by atoms with Gasteiger partial charge in [-0.15, -0.1) is 0 Å². The highest BCUT2D eigenvalue weighted by Crippen LogP contribution is 2.47. The third-order valence-electron chi connectivity index (χ3n) is 14.3. The van der Waals surface area contributed by atoms with Gasteiger partial charge in [0, 0.05) is 24.7 Å². The predicted molar refractivity (Wildman–Crippen MR) is 226 cm³/mol. The van der Waals surface area contributed by atoms with E-state index < -0.39 is 17.6 Å². The van der Waals surface area contributed by atoms with E-state index in [1.165, 1.54) is 11.1 Å². The number of aliphatic hydroxyl groups excluding tert-OH is 2. The van der Waals surface area contributed by atoms with Gasteiger partial charge < -0.3 is 29.2 Å². The quantitative estimate of drug-likeness (QED) is 0.145. The molecule has 10 nitrogen and oxygen atoms in total. The lowest BCUT2D eigenvalue weighted by Crippen LogP contribution is -2.43. The van der Waals surface area contributed by atoms with E-state index in [2.05, 4.69) is 64.2 Å². The molecule has 2 heterocycles. The average Bonchev–Trinajstić information content (AvgIpc) is 3.16. The summed E-state index contributed by atoms with van der Waals surface area (Å²) in [4.78, 5) is 48.8. The lowest BCUT2D eigenvalue weighted by Gasteiger charge is -2.44. The van der Waals surface area contributed by atoms with E-state index >= 15 is 0 Å². The normalized spacial score (nSPS) is 37.2. The Hall–Kier alpha value is -3.24. The first-order chi connectivity index (χ1) is 27.9. The molecular weight excluding hydrogens is 749 g/mol. The lowest BCUT2D eigenvalue weighted by atomic mass is 9.65. The summed E-state index contributed by atoms with van der Waals surface area (Å²) in [7, 11) is 0. The zero-order valence-electron chi connectivity index (χ0n) is 37.3. The van der Waals surface area contributed by atoms with Crippen molar-refractivity contribution < 1.29 is 48.3 Å². The van der Waals surface area contributed by atoms with Gasteiger partial charge in [0.15, 0.2) is 0 Å². The molecule has 0 aromatic rings. The highest BCUT2D eigenvalue weighted by Gasteiger charge is 2.44. The number of allylic oxidation sites excluding steroid dienone is 6. The summed E-state index contributed by atoms with van der Waals surface area (Å²) >= 11 is 0. The number of hydrogen-bond donors (Lipinski definition) is 2. The Morgan fingerprint density at radius 1 is 0.729 bits per heavy atom. The third-order valence-corrected chi connectivity index (χ3v) is 14.3. The molecule has 6 rings (SSSR count). The van der Waals surface area contributed by atoms with Crippen LogP contribution in [0.15, 0.2) is 47.6 Å². The van der Waals surface area contributed by atoms with Crippen molar-refractivity contribution in [1.82, 2.24) is 0 Å². The van der Waals surface area contributed by atoms with Crippen molar-refractivity contribution >= 4 is 23.9 Å². The van der Waals surface area contributed by atoms with Crippen molar-refractivity contribution in [2.45, 2.75) is 176 Å². The standard InChI is InChI=1S/C25H38O5.C24H36O5/c1-6-25(4,5)24(28)30-21-12-15(2)11-17-8-7-16(3)20(23(17)21)10-9-19-13-18(26)14-22(27)29-19;1-5-15(3)24(27)29-21-11-14(2)10-17-7-6-16(4)20(23(17)21)9-8-19-12-18(25)13-22(26)28-19/h7-8,11,15-16,18-21,23,26H,6,9-10,12-14H2,1-5H3;6-7,10,14-16,18-21,23,25H,5,8-9,11-13H2,1-4H3/t15-,16-,18+,19?,20-,21-,23-;14-,15-,16-,18+,19?,20-,21-,23-/m00/s1. The van der Waals surface area contributed by atoms with Gasteiger partial charge in [0.2, 0.25) is 0 Å². The monoisotopic (exact) mass is 823 g/mol. The van der Waals surface area contributed by atoms with Crippen LogP contribution in [0, 0.1) is 58.7 Å². The molecular formula is C49H74O10. The molecule has 0 aromatic carbocycles. The van der Waals surface area contributed by atoms with E-state index in [9.17, 15) is 29.4 Å². The minimum atomic E-state index is -0.601. The number of rotatable bonds is 12. The van der Waals surface area contributed by atoms with Crippen LogP contribution >= 0.6 is 0 Å². The Kier molecular flexibility index (Phi) is 16.3. The largest absolute Gasteiger partial charge is 0.462 e. The molecule has 2 fully saturated rings. The van der Waals surface area contributed by atoms with E-state index in [4.69, 9.17) is 18.9 Å². The zero-order valence-corrected chi connectivity index (χ0v) is 37.3. The maximum Gasteiger partial charge on any atom is 0.311 e. The summed E-state index contributed by atoms with van der Waals surface area (Å²) in [5.74, 6) is 1.53. The average molecular weight is 823 g/mol. The van der Waals surface area contributed by atoms with Crippen LogP contribution in [0.1, 0.15) is 139 Å². The van der Waals surface area contributed by atoms with Crippen molar-refractivity contribution in [1.29, 1.82) is 0 Å². The number of esters is 4. The summed E-state index contributed by atoms with van der Waals surface area (Å²) < 4.78 is 23.1. The number of carbonyl (C=O) groups excluding carboxylic acids is 4. The van der Waals surface area contributed by atoms with Gasteiger partial charge in [-0.25, -0.2) is 0 Å². The molecule has 0 aromatic heterocycles. The molecule has 0 amide bonds. The summed E-state index contributed by atoms with van der Waals surface area (Å²) in [6.07, 6.45) is 19.3. The second-order valence-electron chi connectivity index (χ2n) is 19.6. The topological polar surface area (TPSA) is 146 Å². The Balaban J connectivity index is 0.000000224. The molecule has 10 heteroatoms. The van der Waals surface area contributed by atoms with E-state index in [1.807, 2.05) is 34.6 Å². The van der Waals surface area contributed by atoms with Gasteiger partial charge in [-0.1, -0.05) is 84.9 Å².